The van der Waals surface area contributed by atoms with Crippen LogP contribution in [-0.4, -0.2) is 35.3 Å². The fourth-order valence-corrected chi connectivity index (χ4v) is 5.46. The van der Waals surface area contributed by atoms with Crippen LogP contribution in [0.25, 0.3) is 10.9 Å². The standard InChI is InChI=1S/C34H32Cl2N4O3/c1-20-9-10-22-7-6-8-30(32(22)37-20)43-19-25-26(35)15-16-27(31(25)36)38-34(42)21(2)28-17-18-29(40(28)5)33(41)23-11-13-24(14-12-23)39(3)4/h6-18,21H,19H2,1-5H3,(H,38,42). The molecule has 0 radical (unpaired) electrons. The van der Waals surface area contributed by atoms with E-state index in [-0.39, 0.29) is 18.3 Å². The highest BCUT2D eigenvalue weighted by Crippen LogP contribution is 2.34. The van der Waals surface area contributed by atoms with Gasteiger partial charge in [-0.1, -0.05) is 41.4 Å². The van der Waals surface area contributed by atoms with Gasteiger partial charge in [-0.05, 0) is 74.5 Å². The summed E-state index contributed by atoms with van der Waals surface area (Å²) in [7, 11) is 5.68. The number of nitrogens with zero attached hydrogens (tertiary/aromatic N) is 3. The van der Waals surface area contributed by atoms with Crippen LogP contribution in [0.15, 0.2) is 78.9 Å². The largest absolute Gasteiger partial charge is 0.487 e. The Morgan fingerprint density at radius 2 is 1.72 bits per heavy atom. The first-order chi connectivity index (χ1) is 20.5. The molecule has 2 aromatic heterocycles. The number of ketones is 1. The summed E-state index contributed by atoms with van der Waals surface area (Å²) in [5, 5.41) is 4.60. The van der Waals surface area contributed by atoms with Gasteiger partial charge < -0.3 is 19.5 Å². The fourth-order valence-electron chi connectivity index (χ4n) is 4.93. The minimum atomic E-state index is -0.570. The number of carbonyl (C=O) groups excluding carboxylic acids is 2. The van der Waals surface area contributed by atoms with E-state index in [1.54, 1.807) is 42.8 Å². The number of nitrogens with one attached hydrogen (secondary N) is 1. The molecule has 220 valence electrons. The van der Waals surface area contributed by atoms with Crippen LogP contribution in [-0.2, 0) is 18.4 Å². The van der Waals surface area contributed by atoms with Crippen molar-refractivity contribution in [1.29, 1.82) is 0 Å². The number of pyridine rings is 1. The van der Waals surface area contributed by atoms with Gasteiger partial charge in [0.25, 0.3) is 0 Å². The maximum absolute atomic E-state index is 13.4. The average molecular weight is 616 g/mol. The van der Waals surface area contributed by atoms with Gasteiger partial charge in [0.1, 0.15) is 17.9 Å². The molecule has 0 saturated heterocycles. The zero-order valence-electron chi connectivity index (χ0n) is 24.6. The highest BCUT2D eigenvalue weighted by atomic mass is 35.5. The molecule has 2 heterocycles. The van der Waals surface area contributed by atoms with Crippen molar-refractivity contribution in [2.45, 2.75) is 26.4 Å². The summed E-state index contributed by atoms with van der Waals surface area (Å²) < 4.78 is 7.87. The molecule has 0 saturated carbocycles. The first-order valence-electron chi connectivity index (χ1n) is 13.8. The summed E-state index contributed by atoms with van der Waals surface area (Å²) in [4.78, 5) is 33.2. The zero-order valence-corrected chi connectivity index (χ0v) is 26.1. The van der Waals surface area contributed by atoms with Gasteiger partial charge in [0.05, 0.1) is 22.3 Å². The number of anilines is 2. The van der Waals surface area contributed by atoms with Crippen molar-refractivity contribution in [1.82, 2.24) is 9.55 Å². The quantitative estimate of drug-likeness (QED) is 0.171. The topological polar surface area (TPSA) is 76.5 Å². The molecule has 0 aliphatic carbocycles. The number of aromatic nitrogens is 2. The first-order valence-corrected chi connectivity index (χ1v) is 14.6. The Hall–Kier alpha value is -4.33. The number of rotatable bonds is 9. The Labute approximate surface area is 261 Å². The number of carbonyl (C=O) groups is 2. The molecule has 0 fully saturated rings. The van der Waals surface area contributed by atoms with Crippen molar-refractivity contribution < 1.29 is 14.3 Å². The number of hydrogen-bond acceptors (Lipinski definition) is 5. The van der Waals surface area contributed by atoms with Gasteiger partial charge in [-0.15, -0.1) is 0 Å². The van der Waals surface area contributed by atoms with Crippen LogP contribution in [0.4, 0.5) is 11.4 Å². The minimum absolute atomic E-state index is 0.0878. The lowest BCUT2D eigenvalue weighted by molar-refractivity contribution is -0.117. The van der Waals surface area contributed by atoms with Crippen molar-refractivity contribution in [2.75, 3.05) is 24.3 Å². The molecule has 3 aromatic carbocycles. The van der Waals surface area contributed by atoms with Gasteiger partial charge in [0, 0.05) is 59.8 Å². The number of halogens is 2. The van der Waals surface area contributed by atoms with Gasteiger partial charge in [-0.3, -0.25) is 9.59 Å². The Morgan fingerprint density at radius 3 is 2.44 bits per heavy atom. The number of benzene rings is 3. The normalized spacial score (nSPS) is 11.8. The molecule has 0 spiro atoms. The zero-order chi connectivity index (χ0) is 30.8. The Bertz CT molecular complexity index is 1830. The van der Waals surface area contributed by atoms with E-state index in [0.717, 1.165) is 22.3 Å². The van der Waals surface area contributed by atoms with E-state index < -0.39 is 5.92 Å². The lowest BCUT2D eigenvalue weighted by Crippen LogP contribution is -2.22. The predicted molar refractivity (Wildman–Crippen MR) is 174 cm³/mol. The Balaban J connectivity index is 1.32. The summed E-state index contributed by atoms with van der Waals surface area (Å²) in [6.45, 7) is 3.80. The highest BCUT2D eigenvalue weighted by molar-refractivity contribution is 6.38. The van der Waals surface area contributed by atoms with Crippen molar-refractivity contribution in [2.24, 2.45) is 7.05 Å². The van der Waals surface area contributed by atoms with Crippen LogP contribution in [0, 0.1) is 6.92 Å². The van der Waals surface area contributed by atoms with Gasteiger partial charge in [-0.2, -0.15) is 0 Å². The number of ether oxygens (including phenoxy) is 1. The summed E-state index contributed by atoms with van der Waals surface area (Å²) >= 11 is 13.2. The number of aryl methyl sites for hydroxylation is 1. The number of para-hydroxylation sites is 1. The maximum atomic E-state index is 13.4. The molecule has 7 nitrogen and oxygen atoms in total. The summed E-state index contributed by atoms with van der Waals surface area (Å²) in [6, 6.07) is 24.0. The van der Waals surface area contributed by atoms with Crippen LogP contribution in [0.3, 0.4) is 0 Å². The Kier molecular flexibility index (Phi) is 8.76. The molecule has 43 heavy (non-hydrogen) atoms. The van der Waals surface area contributed by atoms with E-state index in [1.165, 1.54) is 0 Å². The van der Waals surface area contributed by atoms with E-state index in [4.69, 9.17) is 27.9 Å². The van der Waals surface area contributed by atoms with Crippen LogP contribution in [0.5, 0.6) is 5.75 Å². The number of hydrogen-bond donors (Lipinski definition) is 1. The Morgan fingerprint density at radius 1 is 0.977 bits per heavy atom. The van der Waals surface area contributed by atoms with Crippen LogP contribution < -0.4 is 15.0 Å². The first kappa shape index (κ1) is 30.1. The van der Waals surface area contributed by atoms with E-state index in [2.05, 4.69) is 10.3 Å². The van der Waals surface area contributed by atoms with Crippen LogP contribution in [0.2, 0.25) is 10.0 Å². The van der Waals surface area contributed by atoms with Crippen molar-refractivity contribution in [3.05, 3.63) is 117 Å². The second-order valence-corrected chi connectivity index (χ2v) is 11.4. The van der Waals surface area contributed by atoms with Crippen LogP contribution in [0.1, 0.15) is 45.8 Å². The molecule has 1 amide bonds. The molecule has 5 aromatic rings. The second kappa shape index (κ2) is 12.5. The molecule has 1 unspecified atom stereocenters. The smallest absolute Gasteiger partial charge is 0.233 e. The van der Waals surface area contributed by atoms with Gasteiger partial charge in [0.2, 0.25) is 11.7 Å². The molecule has 1 N–H and O–H groups in total. The van der Waals surface area contributed by atoms with Crippen LogP contribution >= 0.6 is 23.2 Å². The SMILES string of the molecule is Cc1ccc2cccc(OCc3c(Cl)ccc(NC(=O)C(C)c4ccc(C(=O)c5ccc(N(C)C)cc5)n4C)c3Cl)c2n1. The maximum Gasteiger partial charge on any atom is 0.233 e. The average Bonchev–Trinajstić information content (AvgIpc) is 3.38. The van der Waals surface area contributed by atoms with Gasteiger partial charge >= 0.3 is 0 Å². The molecular weight excluding hydrogens is 583 g/mol. The molecule has 5 rings (SSSR count). The highest BCUT2D eigenvalue weighted by Gasteiger charge is 2.24. The number of amides is 1. The van der Waals surface area contributed by atoms with E-state index in [1.807, 2.05) is 80.5 Å². The third-order valence-electron chi connectivity index (χ3n) is 7.51. The lowest BCUT2D eigenvalue weighted by atomic mass is 10.1. The van der Waals surface area contributed by atoms with Gasteiger partial charge in [0.15, 0.2) is 0 Å². The summed E-state index contributed by atoms with van der Waals surface area (Å²) in [5.41, 5.74) is 5.36. The molecule has 1 atom stereocenters. The fraction of sp³-hybridized carbons (Fsp3) is 0.206. The third kappa shape index (κ3) is 6.24. The third-order valence-corrected chi connectivity index (χ3v) is 8.30. The predicted octanol–water partition coefficient (Wildman–Crippen LogP) is 7.81. The monoisotopic (exact) mass is 614 g/mol. The number of fused-ring (bicyclic) bond motifs is 1. The summed E-state index contributed by atoms with van der Waals surface area (Å²) in [6.07, 6.45) is 0. The van der Waals surface area contributed by atoms with Crippen molar-refractivity contribution in [3.8, 4) is 5.75 Å². The summed E-state index contributed by atoms with van der Waals surface area (Å²) in [5.74, 6) is -0.354. The van der Waals surface area contributed by atoms with E-state index >= 15 is 0 Å². The minimum Gasteiger partial charge on any atom is -0.487 e. The van der Waals surface area contributed by atoms with E-state index in [0.29, 0.717) is 44.0 Å². The van der Waals surface area contributed by atoms with E-state index in [9.17, 15) is 9.59 Å². The van der Waals surface area contributed by atoms with Crippen molar-refractivity contribution in [3.63, 3.8) is 0 Å². The lowest BCUT2D eigenvalue weighted by Gasteiger charge is -2.17. The molecule has 0 aliphatic rings. The molecule has 0 aliphatic heterocycles. The van der Waals surface area contributed by atoms with Crippen molar-refractivity contribution >= 4 is 57.2 Å². The molecule has 9 heteroatoms. The van der Waals surface area contributed by atoms with Gasteiger partial charge in [-0.25, -0.2) is 4.98 Å². The second-order valence-electron chi connectivity index (χ2n) is 10.6. The molecule has 0 bridgehead atoms. The molecular formula is C34H32Cl2N4O3.